The predicted molar refractivity (Wildman–Crippen MR) is 287 cm³/mol. The van der Waals surface area contributed by atoms with Gasteiger partial charge in [-0.15, -0.1) is 0 Å². The van der Waals surface area contributed by atoms with E-state index in [1.807, 2.05) is 0 Å². The molecule has 6 nitrogen and oxygen atoms in total. The Hall–Kier alpha value is -2.44. The fourth-order valence-electron chi connectivity index (χ4n) is 8.49. The zero-order valence-electron chi connectivity index (χ0n) is 43.8. The quantitative estimate of drug-likeness (QED) is 0.0244. The van der Waals surface area contributed by atoms with E-state index in [1.54, 1.807) is 0 Å². The van der Waals surface area contributed by atoms with Gasteiger partial charge in [0.05, 0.1) is 25.2 Å². The number of aliphatic hydroxyl groups is 2. The molecule has 0 aliphatic carbocycles. The van der Waals surface area contributed by atoms with Gasteiger partial charge in [-0.3, -0.25) is 9.59 Å². The standard InChI is InChI=1S/C60H109NO5/c1-4-7-10-13-16-19-22-25-28-29-30-32-35-38-41-44-47-50-53-60(65)66-56(51-48-45-42-39-36-33-31-26-23-20-17-14-11-8-5-2)54-59(64)61-57(55-62)58(63)52-49-46-43-40-37-34-27-24-21-18-15-12-9-6-3/h17,20,26,28-32,36,39,56-58,62-63H,4-16,18-19,21-25,27,33-35,37-38,40-55H2,1-3H3,(H,61,64)/b20-17-,29-28+,31-26-,32-30+,39-36-. The van der Waals surface area contributed by atoms with Gasteiger partial charge in [0.15, 0.2) is 0 Å². The van der Waals surface area contributed by atoms with Crippen molar-refractivity contribution in [2.45, 2.75) is 302 Å². The van der Waals surface area contributed by atoms with Gasteiger partial charge in [0.25, 0.3) is 0 Å². The van der Waals surface area contributed by atoms with E-state index >= 15 is 0 Å². The second kappa shape index (κ2) is 53.5. The lowest BCUT2D eigenvalue weighted by atomic mass is 10.0. The first-order valence-electron chi connectivity index (χ1n) is 28.5. The molecule has 0 spiro atoms. The van der Waals surface area contributed by atoms with Gasteiger partial charge in [-0.1, -0.05) is 242 Å². The van der Waals surface area contributed by atoms with Crippen LogP contribution in [0.15, 0.2) is 60.8 Å². The second-order valence-corrected chi connectivity index (χ2v) is 19.4. The van der Waals surface area contributed by atoms with Crippen LogP contribution in [-0.2, 0) is 14.3 Å². The maximum Gasteiger partial charge on any atom is 0.306 e. The van der Waals surface area contributed by atoms with E-state index in [4.69, 9.17) is 4.74 Å². The van der Waals surface area contributed by atoms with Crippen LogP contribution in [0, 0.1) is 0 Å². The summed E-state index contributed by atoms with van der Waals surface area (Å²) < 4.78 is 5.93. The molecule has 3 atom stereocenters. The fourth-order valence-corrected chi connectivity index (χ4v) is 8.49. The third-order valence-corrected chi connectivity index (χ3v) is 12.8. The molecule has 0 rings (SSSR count). The first kappa shape index (κ1) is 63.6. The Morgan fingerprint density at radius 3 is 1.30 bits per heavy atom. The Bertz CT molecular complexity index is 1170. The molecule has 0 saturated carbocycles. The molecule has 384 valence electrons. The largest absolute Gasteiger partial charge is 0.462 e. The number of aliphatic hydroxyl groups excluding tert-OH is 2. The number of amides is 1. The monoisotopic (exact) mass is 924 g/mol. The summed E-state index contributed by atoms with van der Waals surface area (Å²) in [5, 5.41) is 23.8. The Morgan fingerprint density at radius 2 is 0.818 bits per heavy atom. The lowest BCUT2D eigenvalue weighted by Gasteiger charge is -2.24. The average molecular weight is 925 g/mol. The SMILES string of the molecule is CCCCC/C=C\C/C=C\C/C=C\CCCCC(CC(=O)NC(CO)C(O)CCCCCCCCCCCCCCCC)OC(=O)CCCCCCC/C=C/C=C/CCCCCCCCC. The third kappa shape index (κ3) is 48.0. The molecule has 0 radical (unpaired) electrons. The van der Waals surface area contributed by atoms with E-state index in [9.17, 15) is 19.8 Å². The molecule has 0 bridgehead atoms. The van der Waals surface area contributed by atoms with Crippen molar-refractivity contribution in [3.63, 3.8) is 0 Å². The molecule has 3 N–H and O–H groups in total. The van der Waals surface area contributed by atoms with E-state index in [1.165, 1.54) is 148 Å². The maximum absolute atomic E-state index is 13.2. The highest BCUT2D eigenvalue weighted by Crippen LogP contribution is 2.17. The van der Waals surface area contributed by atoms with Gasteiger partial charge in [0.1, 0.15) is 6.10 Å². The highest BCUT2D eigenvalue weighted by Gasteiger charge is 2.24. The van der Waals surface area contributed by atoms with Gasteiger partial charge in [0, 0.05) is 6.42 Å². The predicted octanol–water partition coefficient (Wildman–Crippen LogP) is 17.6. The first-order valence-corrected chi connectivity index (χ1v) is 28.5. The summed E-state index contributed by atoms with van der Waals surface area (Å²) in [5.74, 6) is -0.523. The summed E-state index contributed by atoms with van der Waals surface area (Å²) in [4.78, 5) is 26.2. The van der Waals surface area contributed by atoms with Gasteiger partial charge >= 0.3 is 5.97 Å². The van der Waals surface area contributed by atoms with Crippen LogP contribution in [-0.4, -0.2) is 46.9 Å². The smallest absolute Gasteiger partial charge is 0.306 e. The Kier molecular flexibility index (Phi) is 51.5. The van der Waals surface area contributed by atoms with Crippen molar-refractivity contribution < 1.29 is 24.5 Å². The molecule has 3 unspecified atom stereocenters. The minimum absolute atomic E-state index is 0.0450. The molecule has 0 fully saturated rings. The van der Waals surface area contributed by atoms with E-state index in [2.05, 4.69) is 86.8 Å². The number of rotatable bonds is 51. The fraction of sp³-hybridized carbons (Fsp3) is 0.800. The number of allylic oxidation sites excluding steroid dienone is 10. The molecule has 0 aromatic rings. The Morgan fingerprint density at radius 1 is 0.455 bits per heavy atom. The van der Waals surface area contributed by atoms with Crippen LogP contribution in [0.5, 0.6) is 0 Å². The van der Waals surface area contributed by atoms with E-state index in [-0.39, 0.29) is 24.9 Å². The summed E-state index contributed by atoms with van der Waals surface area (Å²) in [7, 11) is 0. The summed E-state index contributed by atoms with van der Waals surface area (Å²) in [5.41, 5.74) is 0. The minimum atomic E-state index is -0.802. The molecule has 66 heavy (non-hydrogen) atoms. The molecule has 0 heterocycles. The van der Waals surface area contributed by atoms with Gasteiger partial charge in [-0.2, -0.15) is 0 Å². The van der Waals surface area contributed by atoms with Crippen molar-refractivity contribution >= 4 is 11.9 Å². The third-order valence-electron chi connectivity index (χ3n) is 12.8. The number of carbonyl (C=O) groups is 2. The van der Waals surface area contributed by atoms with Crippen molar-refractivity contribution in [2.24, 2.45) is 0 Å². The summed E-state index contributed by atoms with van der Waals surface area (Å²) in [6, 6.07) is -0.719. The Labute approximate surface area is 409 Å². The van der Waals surface area contributed by atoms with Crippen LogP contribution in [0.4, 0.5) is 0 Å². The zero-order chi connectivity index (χ0) is 48.1. The summed E-state index contributed by atoms with van der Waals surface area (Å²) in [6.45, 7) is 6.46. The van der Waals surface area contributed by atoms with Gasteiger partial charge in [0.2, 0.25) is 5.91 Å². The van der Waals surface area contributed by atoms with E-state index in [0.717, 1.165) is 89.9 Å². The van der Waals surface area contributed by atoms with Gasteiger partial charge < -0.3 is 20.3 Å². The summed E-state index contributed by atoms with van der Waals surface area (Å²) >= 11 is 0. The highest BCUT2D eigenvalue weighted by molar-refractivity contribution is 5.77. The van der Waals surface area contributed by atoms with Crippen LogP contribution in [0.3, 0.4) is 0 Å². The number of ether oxygens (including phenoxy) is 1. The maximum atomic E-state index is 13.2. The van der Waals surface area contributed by atoms with Gasteiger partial charge in [-0.25, -0.2) is 0 Å². The lowest BCUT2D eigenvalue weighted by molar-refractivity contribution is -0.151. The molecular weight excluding hydrogens is 815 g/mol. The van der Waals surface area contributed by atoms with Gasteiger partial charge in [-0.05, 0) is 89.9 Å². The average Bonchev–Trinajstić information content (AvgIpc) is 3.31. The molecule has 0 aromatic carbocycles. The van der Waals surface area contributed by atoms with Crippen molar-refractivity contribution in [3.05, 3.63) is 60.8 Å². The van der Waals surface area contributed by atoms with Crippen molar-refractivity contribution in [1.82, 2.24) is 5.32 Å². The molecule has 0 aliphatic heterocycles. The second-order valence-electron chi connectivity index (χ2n) is 19.4. The number of hydrogen-bond donors (Lipinski definition) is 3. The van der Waals surface area contributed by atoms with E-state index in [0.29, 0.717) is 19.3 Å². The molecule has 0 aromatic heterocycles. The molecule has 0 aliphatic rings. The van der Waals surface area contributed by atoms with Crippen molar-refractivity contribution in [1.29, 1.82) is 0 Å². The Balaban J connectivity index is 4.64. The minimum Gasteiger partial charge on any atom is -0.462 e. The normalized spacial score (nSPS) is 13.6. The topological polar surface area (TPSA) is 95.9 Å². The number of hydrogen-bond acceptors (Lipinski definition) is 5. The summed E-state index contributed by atoms with van der Waals surface area (Å²) in [6.07, 6.45) is 67.1. The van der Waals surface area contributed by atoms with Crippen molar-refractivity contribution in [2.75, 3.05) is 6.61 Å². The number of esters is 1. The molecule has 0 saturated heterocycles. The van der Waals surface area contributed by atoms with Crippen molar-refractivity contribution in [3.8, 4) is 0 Å². The highest BCUT2D eigenvalue weighted by atomic mass is 16.5. The molecular formula is C60H109NO5. The van der Waals surface area contributed by atoms with Crippen LogP contribution in [0.25, 0.3) is 0 Å². The number of carbonyl (C=O) groups excluding carboxylic acids is 2. The van der Waals surface area contributed by atoms with Crippen LogP contribution < -0.4 is 5.32 Å². The molecule has 6 heteroatoms. The van der Waals surface area contributed by atoms with E-state index < -0.39 is 18.2 Å². The molecule has 1 amide bonds. The van der Waals surface area contributed by atoms with Crippen LogP contribution >= 0.6 is 0 Å². The first-order chi connectivity index (χ1) is 32.5. The lowest BCUT2D eigenvalue weighted by Crippen LogP contribution is -2.46. The van der Waals surface area contributed by atoms with Crippen LogP contribution in [0.1, 0.15) is 284 Å². The van der Waals surface area contributed by atoms with Crippen LogP contribution in [0.2, 0.25) is 0 Å². The number of nitrogens with one attached hydrogen (secondary N) is 1. The zero-order valence-corrected chi connectivity index (χ0v) is 43.8. The number of unbranched alkanes of at least 4 members (excludes halogenated alkanes) is 30.